The van der Waals surface area contributed by atoms with Crippen LogP contribution in [0.3, 0.4) is 0 Å². The molecule has 3 aromatic rings. The Morgan fingerprint density at radius 1 is 1.13 bits per heavy atom. The third-order valence-electron chi connectivity index (χ3n) is 4.69. The molecule has 30 heavy (non-hydrogen) atoms. The number of rotatable bonds is 7. The Balaban J connectivity index is 1.58. The van der Waals surface area contributed by atoms with Crippen LogP contribution in [0.1, 0.15) is 28.8 Å². The van der Waals surface area contributed by atoms with Gasteiger partial charge in [0, 0.05) is 29.7 Å². The number of pyridine rings is 1. The highest BCUT2D eigenvalue weighted by Crippen LogP contribution is 2.35. The predicted octanol–water partition coefficient (Wildman–Crippen LogP) is 2.88. The fourth-order valence-electron chi connectivity index (χ4n) is 3.14. The summed E-state index contributed by atoms with van der Waals surface area (Å²) < 4.78 is 6.06. The number of carbonyl (C=O) groups is 1. The average Bonchev–Trinajstić information content (AvgIpc) is 3.28. The highest BCUT2D eigenvalue weighted by Gasteiger charge is 2.18. The predicted molar refractivity (Wildman–Crippen MR) is 116 cm³/mol. The van der Waals surface area contributed by atoms with Gasteiger partial charge in [0.05, 0.1) is 11.1 Å². The Kier molecular flexibility index (Phi) is 5.99. The zero-order valence-electron chi connectivity index (χ0n) is 16.3. The van der Waals surface area contributed by atoms with Gasteiger partial charge in [-0.25, -0.2) is 9.97 Å². The fourth-order valence-corrected chi connectivity index (χ4v) is 3.96. The van der Waals surface area contributed by atoms with Crippen LogP contribution < -0.4 is 21.1 Å². The van der Waals surface area contributed by atoms with Gasteiger partial charge in [-0.05, 0) is 54.8 Å². The van der Waals surface area contributed by atoms with Crippen LogP contribution in [0.4, 0.5) is 11.8 Å². The highest BCUT2D eigenvalue weighted by atomic mass is 32.2. The van der Waals surface area contributed by atoms with Crippen molar-refractivity contribution in [3.63, 3.8) is 0 Å². The van der Waals surface area contributed by atoms with E-state index in [1.54, 1.807) is 30.6 Å². The number of hydrogen-bond acceptors (Lipinski definition) is 8. The van der Waals surface area contributed by atoms with Gasteiger partial charge in [-0.1, -0.05) is 11.8 Å². The van der Waals surface area contributed by atoms with Crippen molar-refractivity contribution in [2.45, 2.75) is 29.2 Å². The molecule has 0 atom stereocenters. The molecule has 1 amide bonds. The van der Waals surface area contributed by atoms with E-state index in [4.69, 9.17) is 16.2 Å². The Morgan fingerprint density at radius 3 is 2.60 bits per heavy atom. The van der Waals surface area contributed by atoms with Gasteiger partial charge < -0.3 is 21.1 Å². The van der Waals surface area contributed by atoms with Gasteiger partial charge in [-0.3, -0.25) is 4.79 Å². The third kappa shape index (κ3) is 4.80. The van der Waals surface area contributed by atoms with E-state index in [1.807, 2.05) is 18.2 Å². The minimum atomic E-state index is -0.453. The maximum absolute atomic E-state index is 11.3. The molecule has 4 N–H and O–H groups in total. The number of amides is 1. The number of nitrogens with zero attached hydrogens (tertiary/aromatic N) is 4. The minimum Gasteiger partial charge on any atom is -0.472 e. The molecule has 8 nitrogen and oxygen atoms in total. The number of carbonyl (C=O) groups excluding carboxylic acids is 1. The van der Waals surface area contributed by atoms with Crippen molar-refractivity contribution >= 4 is 29.4 Å². The van der Waals surface area contributed by atoms with Gasteiger partial charge in [0.25, 0.3) is 0 Å². The average molecular weight is 423 g/mol. The molecule has 0 spiro atoms. The van der Waals surface area contributed by atoms with Crippen molar-refractivity contribution in [1.29, 1.82) is 0 Å². The van der Waals surface area contributed by atoms with Crippen LogP contribution in [-0.2, 0) is 6.61 Å². The van der Waals surface area contributed by atoms with Crippen molar-refractivity contribution in [3.8, 4) is 5.88 Å². The van der Waals surface area contributed by atoms with E-state index in [-0.39, 0.29) is 0 Å². The molecule has 0 unspecified atom stereocenters. The van der Waals surface area contributed by atoms with E-state index in [1.165, 1.54) is 11.8 Å². The summed E-state index contributed by atoms with van der Waals surface area (Å²) in [6.07, 6.45) is 5.71. The smallest absolute Gasteiger partial charge is 0.248 e. The molecule has 1 fully saturated rings. The number of benzene rings is 1. The quantitative estimate of drug-likeness (QED) is 0.596. The SMILES string of the molecule is NC(=O)c1ccc(Sc2cnc(N3CCCC3)nc2OCc2ccnc(N)c2)cc1. The zero-order chi connectivity index (χ0) is 20.9. The van der Waals surface area contributed by atoms with E-state index in [0.29, 0.717) is 29.8 Å². The topological polar surface area (TPSA) is 120 Å². The fraction of sp³-hybridized carbons (Fsp3) is 0.238. The minimum absolute atomic E-state index is 0.317. The maximum Gasteiger partial charge on any atom is 0.248 e. The number of aromatic nitrogens is 3. The van der Waals surface area contributed by atoms with E-state index in [9.17, 15) is 4.79 Å². The van der Waals surface area contributed by atoms with Crippen LogP contribution in [0, 0.1) is 0 Å². The van der Waals surface area contributed by atoms with Crippen molar-refractivity contribution in [1.82, 2.24) is 15.0 Å². The molecular formula is C21H22N6O2S. The van der Waals surface area contributed by atoms with Gasteiger partial charge in [0.2, 0.25) is 17.7 Å². The molecule has 0 saturated carbocycles. The largest absolute Gasteiger partial charge is 0.472 e. The molecule has 154 valence electrons. The highest BCUT2D eigenvalue weighted by molar-refractivity contribution is 7.99. The number of primary amides is 1. The Bertz CT molecular complexity index is 1040. The maximum atomic E-state index is 11.3. The molecule has 1 aliphatic rings. The normalized spacial score (nSPS) is 13.4. The lowest BCUT2D eigenvalue weighted by Gasteiger charge is -2.17. The molecular weight excluding hydrogens is 400 g/mol. The van der Waals surface area contributed by atoms with Crippen LogP contribution >= 0.6 is 11.8 Å². The number of anilines is 2. The summed E-state index contributed by atoms with van der Waals surface area (Å²) in [5.41, 5.74) is 12.5. The summed E-state index contributed by atoms with van der Waals surface area (Å²) in [5.74, 6) is 1.17. The van der Waals surface area contributed by atoms with Gasteiger partial charge in [0.1, 0.15) is 12.4 Å². The lowest BCUT2D eigenvalue weighted by Crippen LogP contribution is -2.20. The van der Waals surface area contributed by atoms with Crippen molar-refractivity contribution < 1.29 is 9.53 Å². The monoisotopic (exact) mass is 422 g/mol. The van der Waals surface area contributed by atoms with Crippen molar-refractivity contribution in [2.75, 3.05) is 23.7 Å². The first-order chi connectivity index (χ1) is 14.6. The molecule has 4 rings (SSSR count). The third-order valence-corrected chi connectivity index (χ3v) is 5.69. The Morgan fingerprint density at radius 2 is 1.90 bits per heavy atom. The first kappa shape index (κ1) is 20.0. The van der Waals surface area contributed by atoms with Crippen LogP contribution in [0.5, 0.6) is 5.88 Å². The van der Waals surface area contributed by atoms with Crippen LogP contribution in [0.15, 0.2) is 58.6 Å². The first-order valence-electron chi connectivity index (χ1n) is 9.61. The van der Waals surface area contributed by atoms with Gasteiger partial charge >= 0.3 is 0 Å². The zero-order valence-corrected chi connectivity index (χ0v) is 17.1. The second kappa shape index (κ2) is 9.00. The second-order valence-corrected chi connectivity index (χ2v) is 8.02. The van der Waals surface area contributed by atoms with E-state index in [2.05, 4.69) is 19.9 Å². The molecule has 3 heterocycles. The first-order valence-corrected chi connectivity index (χ1v) is 10.4. The van der Waals surface area contributed by atoms with Crippen molar-refractivity contribution in [2.24, 2.45) is 5.73 Å². The standard InChI is InChI=1S/C21H22N6O2S/c22-18-11-14(7-8-24-18)13-29-20-17(12-25-21(26-20)27-9-1-2-10-27)30-16-5-3-15(4-6-16)19(23)28/h3-8,11-12H,1-2,9-10,13H2,(H2,22,24)(H2,23,28). The summed E-state index contributed by atoms with van der Waals surface area (Å²) in [4.78, 5) is 28.4. The van der Waals surface area contributed by atoms with Crippen molar-refractivity contribution in [3.05, 3.63) is 59.9 Å². The van der Waals surface area contributed by atoms with E-state index >= 15 is 0 Å². The number of nitrogens with two attached hydrogens (primary N) is 2. The van der Waals surface area contributed by atoms with Gasteiger partial charge in [0.15, 0.2) is 0 Å². The Hall–Kier alpha value is -3.33. The summed E-state index contributed by atoms with van der Waals surface area (Å²) in [6, 6.07) is 10.7. The lowest BCUT2D eigenvalue weighted by molar-refractivity contribution is 0.1000. The van der Waals surface area contributed by atoms with E-state index in [0.717, 1.165) is 41.3 Å². The molecule has 0 bridgehead atoms. The molecule has 9 heteroatoms. The van der Waals surface area contributed by atoms with E-state index < -0.39 is 5.91 Å². The second-order valence-electron chi connectivity index (χ2n) is 6.90. The summed E-state index contributed by atoms with van der Waals surface area (Å²) in [6.45, 7) is 2.21. The van der Waals surface area contributed by atoms with Crippen LogP contribution in [0.2, 0.25) is 0 Å². The lowest BCUT2D eigenvalue weighted by atomic mass is 10.2. The molecule has 1 aliphatic heterocycles. The summed E-state index contributed by atoms with van der Waals surface area (Å²) in [7, 11) is 0. The molecule has 2 aromatic heterocycles. The van der Waals surface area contributed by atoms with Gasteiger partial charge in [-0.15, -0.1) is 0 Å². The Labute approximate surface area is 178 Å². The number of ether oxygens (including phenoxy) is 1. The molecule has 0 aliphatic carbocycles. The summed E-state index contributed by atoms with van der Waals surface area (Å²) in [5, 5.41) is 0. The molecule has 1 saturated heterocycles. The molecule has 1 aromatic carbocycles. The van der Waals surface area contributed by atoms with Crippen LogP contribution in [0.25, 0.3) is 0 Å². The number of nitrogen functional groups attached to an aromatic ring is 1. The molecule has 0 radical (unpaired) electrons. The number of hydrogen-bond donors (Lipinski definition) is 2. The van der Waals surface area contributed by atoms with Crippen LogP contribution in [-0.4, -0.2) is 33.9 Å². The van der Waals surface area contributed by atoms with Gasteiger partial charge in [-0.2, -0.15) is 4.98 Å². The summed E-state index contributed by atoms with van der Waals surface area (Å²) >= 11 is 1.47.